The summed E-state index contributed by atoms with van der Waals surface area (Å²) in [5, 5.41) is 6.61. The first-order valence-corrected chi connectivity index (χ1v) is 9.75. The standard InChI is InChI=1S/C19H33N5O3/c1-21-19(23-9-5-12-26-15-17-7-3-13-27-17)22-8-4-11-24-10-2-6-16(14-24)18(20)25/h3,7,13,16H,2,4-6,8-12,14-15H2,1H3,(H2,20,25)(H2,21,22,23). The molecular formula is C19H33N5O3. The number of carbonyl (C=O) groups is 1. The predicted octanol–water partition coefficient (Wildman–Crippen LogP) is 0.939. The minimum Gasteiger partial charge on any atom is -0.467 e. The number of carbonyl (C=O) groups excluding carboxylic acids is 1. The molecule has 27 heavy (non-hydrogen) atoms. The lowest BCUT2D eigenvalue weighted by Gasteiger charge is -2.31. The lowest BCUT2D eigenvalue weighted by Crippen LogP contribution is -2.43. The molecule has 4 N–H and O–H groups in total. The lowest BCUT2D eigenvalue weighted by molar-refractivity contribution is -0.123. The zero-order valence-electron chi connectivity index (χ0n) is 16.3. The second-order valence-electron chi connectivity index (χ2n) is 6.81. The van der Waals surface area contributed by atoms with Crippen LogP contribution < -0.4 is 16.4 Å². The summed E-state index contributed by atoms with van der Waals surface area (Å²) < 4.78 is 10.8. The smallest absolute Gasteiger partial charge is 0.221 e. The van der Waals surface area contributed by atoms with Crippen LogP contribution in [0.4, 0.5) is 0 Å². The first-order chi connectivity index (χ1) is 13.2. The molecule has 2 heterocycles. The Balaban J connectivity index is 1.48. The van der Waals surface area contributed by atoms with Crippen LogP contribution in [0.1, 0.15) is 31.4 Å². The van der Waals surface area contributed by atoms with Crippen LogP contribution in [0.25, 0.3) is 0 Å². The Hall–Kier alpha value is -2.06. The van der Waals surface area contributed by atoms with Gasteiger partial charge in [-0.1, -0.05) is 0 Å². The summed E-state index contributed by atoms with van der Waals surface area (Å²) in [5.74, 6) is 1.48. The number of amides is 1. The fourth-order valence-corrected chi connectivity index (χ4v) is 3.17. The number of aliphatic imine (C=N–C) groups is 1. The van der Waals surface area contributed by atoms with Crippen LogP contribution in [0.5, 0.6) is 0 Å². The van der Waals surface area contributed by atoms with Crippen molar-refractivity contribution in [3.8, 4) is 0 Å². The highest BCUT2D eigenvalue weighted by atomic mass is 16.5. The van der Waals surface area contributed by atoms with Gasteiger partial charge < -0.3 is 30.4 Å². The van der Waals surface area contributed by atoms with Crippen molar-refractivity contribution in [3.63, 3.8) is 0 Å². The fourth-order valence-electron chi connectivity index (χ4n) is 3.17. The van der Waals surface area contributed by atoms with Crippen LogP contribution in [0, 0.1) is 5.92 Å². The van der Waals surface area contributed by atoms with Gasteiger partial charge in [0.25, 0.3) is 0 Å². The van der Waals surface area contributed by atoms with Gasteiger partial charge in [-0.05, 0) is 50.9 Å². The molecule has 8 heteroatoms. The van der Waals surface area contributed by atoms with Gasteiger partial charge in [-0.15, -0.1) is 0 Å². The van der Waals surface area contributed by atoms with Gasteiger partial charge in [-0.2, -0.15) is 0 Å². The van der Waals surface area contributed by atoms with Crippen LogP contribution in [0.3, 0.4) is 0 Å². The van der Waals surface area contributed by atoms with Crippen molar-refractivity contribution < 1.29 is 13.9 Å². The van der Waals surface area contributed by atoms with Gasteiger partial charge in [-0.25, -0.2) is 0 Å². The third kappa shape index (κ3) is 8.45. The summed E-state index contributed by atoms with van der Waals surface area (Å²) in [6, 6.07) is 3.76. The maximum Gasteiger partial charge on any atom is 0.221 e. The minimum atomic E-state index is -0.171. The van der Waals surface area contributed by atoms with Crippen molar-refractivity contribution in [2.24, 2.45) is 16.6 Å². The zero-order chi connectivity index (χ0) is 19.3. The molecule has 0 bridgehead atoms. The van der Waals surface area contributed by atoms with E-state index in [0.717, 1.165) is 70.1 Å². The van der Waals surface area contributed by atoms with E-state index in [9.17, 15) is 4.79 Å². The number of nitrogens with one attached hydrogen (secondary N) is 2. The van der Waals surface area contributed by atoms with Crippen LogP contribution in [-0.2, 0) is 16.1 Å². The summed E-state index contributed by atoms with van der Waals surface area (Å²) in [4.78, 5) is 17.9. The van der Waals surface area contributed by atoms with E-state index in [2.05, 4.69) is 20.5 Å². The Morgan fingerprint density at radius 1 is 1.41 bits per heavy atom. The normalized spacial score (nSPS) is 18.4. The number of nitrogens with two attached hydrogens (primary N) is 1. The molecule has 1 saturated heterocycles. The van der Waals surface area contributed by atoms with E-state index in [1.54, 1.807) is 13.3 Å². The molecule has 8 nitrogen and oxygen atoms in total. The highest BCUT2D eigenvalue weighted by Gasteiger charge is 2.23. The van der Waals surface area contributed by atoms with E-state index >= 15 is 0 Å². The fraction of sp³-hybridized carbons (Fsp3) is 0.684. The number of rotatable bonds is 11. The Morgan fingerprint density at radius 3 is 2.93 bits per heavy atom. The average molecular weight is 380 g/mol. The number of furan rings is 1. The number of primary amides is 1. The predicted molar refractivity (Wildman–Crippen MR) is 105 cm³/mol. The number of likely N-dealkylation sites (tertiary alicyclic amines) is 1. The monoisotopic (exact) mass is 379 g/mol. The van der Waals surface area contributed by atoms with Crippen LogP contribution in [0.2, 0.25) is 0 Å². The van der Waals surface area contributed by atoms with Gasteiger partial charge in [0.1, 0.15) is 12.4 Å². The van der Waals surface area contributed by atoms with Gasteiger partial charge in [0, 0.05) is 33.3 Å². The van der Waals surface area contributed by atoms with Crippen molar-refractivity contribution in [1.29, 1.82) is 0 Å². The lowest BCUT2D eigenvalue weighted by atomic mass is 9.97. The van der Waals surface area contributed by atoms with Crippen molar-refractivity contribution in [1.82, 2.24) is 15.5 Å². The minimum absolute atomic E-state index is 0.0103. The van der Waals surface area contributed by atoms with E-state index in [4.69, 9.17) is 14.9 Å². The van der Waals surface area contributed by atoms with E-state index in [1.165, 1.54) is 0 Å². The highest BCUT2D eigenvalue weighted by Crippen LogP contribution is 2.15. The van der Waals surface area contributed by atoms with Crippen molar-refractivity contribution in [2.75, 3.05) is 46.4 Å². The molecule has 1 fully saturated rings. The molecule has 0 spiro atoms. The van der Waals surface area contributed by atoms with Gasteiger partial charge >= 0.3 is 0 Å². The molecular weight excluding hydrogens is 346 g/mol. The van der Waals surface area contributed by atoms with Crippen LogP contribution in [0.15, 0.2) is 27.8 Å². The van der Waals surface area contributed by atoms with Gasteiger partial charge in [0.05, 0.1) is 12.2 Å². The van der Waals surface area contributed by atoms with Crippen molar-refractivity contribution in [2.45, 2.75) is 32.3 Å². The molecule has 0 radical (unpaired) electrons. The summed E-state index contributed by atoms with van der Waals surface area (Å²) in [7, 11) is 1.77. The molecule has 0 saturated carbocycles. The van der Waals surface area contributed by atoms with E-state index in [0.29, 0.717) is 13.2 Å². The number of piperidine rings is 1. The second kappa shape index (κ2) is 12.3. The molecule has 0 aromatic carbocycles. The van der Waals surface area contributed by atoms with Crippen molar-refractivity contribution >= 4 is 11.9 Å². The van der Waals surface area contributed by atoms with Crippen LogP contribution >= 0.6 is 0 Å². The van der Waals surface area contributed by atoms with E-state index in [-0.39, 0.29) is 11.8 Å². The Morgan fingerprint density at radius 2 is 2.22 bits per heavy atom. The zero-order valence-corrected chi connectivity index (χ0v) is 16.3. The largest absolute Gasteiger partial charge is 0.467 e. The second-order valence-corrected chi connectivity index (χ2v) is 6.81. The average Bonchev–Trinajstić information content (AvgIpc) is 3.19. The Bertz CT molecular complexity index is 562. The summed E-state index contributed by atoms with van der Waals surface area (Å²) >= 11 is 0. The third-order valence-corrected chi connectivity index (χ3v) is 4.66. The Labute approximate surface area is 161 Å². The number of guanidine groups is 1. The summed E-state index contributed by atoms with van der Waals surface area (Å²) in [6.07, 6.45) is 5.51. The number of hydrogen-bond acceptors (Lipinski definition) is 5. The number of hydrogen-bond donors (Lipinski definition) is 3. The number of ether oxygens (including phenoxy) is 1. The summed E-state index contributed by atoms with van der Waals surface area (Å²) in [6.45, 7) is 5.62. The quantitative estimate of drug-likeness (QED) is 0.300. The first kappa shape index (κ1) is 21.2. The molecule has 0 aliphatic carbocycles. The molecule has 1 aliphatic heterocycles. The Kier molecular flexibility index (Phi) is 9.72. The molecule has 1 amide bonds. The van der Waals surface area contributed by atoms with E-state index in [1.807, 2.05) is 12.1 Å². The first-order valence-electron chi connectivity index (χ1n) is 9.75. The molecule has 1 aromatic heterocycles. The number of nitrogens with zero attached hydrogens (tertiary/aromatic N) is 2. The molecule has 1 aromatic rings. The van der Waals surface area contributed by atoms with E-state index < -0.39 is 0 Å². The maximum absolute atomic E-state index is 11.3. The maximum atomic E-state index is 11.3. The molecule has 152 valence electrons. The molecule has 1 atom stereocenters. The highest BCUT2D eigenvalue weighted by molar-refractivity contribution is 5.79. The van der Waals surface area contributed by atoms with Crippen LogP contribution in [-0.4, -0.2) is 63.1 Å². The van der Waals surface area contributed by atoms with Gasteiger partial charge in [0.2, 0.25) is 5.91 Å². The topological polar surface area (TPSA) is 105 Å². The molecule has 1 unspecified atom stereocenters. The molecule has 2 rings (SSSR count). The van der Waals surface area contributed by atoms with Gasteiger partial charge in [-0.3, -0.25) is 9.79 Å². The molecule has 1 aliphatic rings. The summed E-state index contributed by atoms with van der Waals surface area (Å²) in [5.41, 5.74) is 5.43. The third-order valence-electron chi connectivity index (χ3n) is 4.66. The van der Waals surface area contributed by atoms with Crippen molar-refractivity contribution in [3.05, 3.63) is 24.2 Å². The SMILES string of the molecule is CN=C(NCCCOCc1ccco1)NCCCN1CCCC(C(N)=O)C1. The van der Waals surface area contributed by atoms with Gasteiger partial charge in [0.15, 0.2) is 5.96 Å².